The zero-order chi connectivity index (χ0) is 28.0. The Morgan fingerprint density at radius 3 is 2.46 bits per heavy atom. The van der Waals surface area contributed by atoms with Gasteiger partial charge in [-0.25, -0.2) is 8.78 Å². The van der Waals surface area contributed by atoms with Crippen molar-refractivity contribution in [3.8, 4) is 17.9 Å². The molecule has 2 fully saturated rings. The molecule has 0 saturated heterocycles. The first-order valence-electron chi connectivity index (χ1n) is 12.3. The van der Waals surface area contributed by atoms with E-state index in [9.17, 15) is 18.8 Å². The van der Waals surface area contributed by atoms with Crippen molar-refractivity contribution < 1.29 is 23.2 Å². The third-order valence-electron chi connectivity index (χ3n) is 6.47. The van der Waals surface area contributed by atoms with E-state index in [0.717, 1.165) is 31.2 Å². The van der Waals surface area contributed by atoms with E-state index < -0.39 is 34.6 Å². The lowest BCUT2D eigenvalue weighted by Crippen LogP contribution is -2.39. The second-order valence-corrected chi connectivity index (χ2v) is 9.34. The maximum absolute atomic E-state index is 15.6. The summed E-state index contributed by atoms with van der Waals surface area (Å²) in [6.07, 6.45) is 5.33. The molecule has 39 heavy (non-hydrogen) atoms. The monoisotopic (exact) mass is 529 g/mol. The molecule has 2 amide bonds. The maximum atomic E-state index is 15.6. The fraction of sp³-hybridized carbons (Fsp3) is 0.276. The van der Waals surface area contributed by atoms with Crippen LogP contribution in [-0.2, 0) is 21.5 Å². The Labute approximate surface area is 224 Å². The van der Waals surface area contributed by atoms with Crippen LogP contribution >= 0.6 is 0 Å². The van der Waals surface area contributed by atoms with Crippen LogP contribution in [0.15, 0.2) is 42.6 Å². The van der Waals surface area contributed by atoms with Crippen LogP contribution in [0.3, 0.4) is 0 Å². The number of nitriles is 1. The normalized spacial score (nSPS) is 15.2. The van der Waals surface area contributed by atoms with E-state index in [-0.39, 0.29) is 41.4 Å². The molecule has 2 saturated carbocycles. The molecule has 2 aromatic rings. The van der Waals surface area contributed by atoms with Gasteiger partial charge >= 0.3 is 11.8 Å². The summed E-state index contributed by atoms with van der Waals surface area (Å²) in [6.45, 7) is -0.453. The van der Waals surface area contributed by atoms with Gasteiger partial charge < -0.3 is 21.4 Å². The van der Waals surface area contributed by atoms with Crippen molar-refractivity contribution in [1.29, 1.82) is 10.7 Å². The minimum absolute atomic E-state index is 0.0425. The van der Waals surface area contributed by atoms with Crippen molar-refractivity contribution in [3.63, 3.8) is 0 Å². The summed E-state index contributed by atoms with van der Waals surface area (Å²) >= 11 is 0. The van der Waals surface area contributed by atoms with E-state index in [1.165, 1.54) is 12.3 Å². The average molecular weight is 530 g/mol. The SMILES string of the molecule is N#CCNC(=O)C(=O)NCc1ccccc1C(=O)C#CC1(c2cc(F)cc(/C(C=N)=C/NC3CC3)c2F)CC1. The molecule has 0 spiro atoms. The third-order valence-corrected chi connectivity index (χ3v) is 6.47. The van der Waals surface area contributed by atoms with Gasteiger partial charge in [-0.2, -0.15) is 5.26 Å². The van der Waals surface area contributed by atoms with Gasteiger partial charge in [-0.15, -0.1) is 0 Å². The number of nitrogens with zero attached hydrogens (tertiary/aromatic N) is 1. The number of benzene rings is 2. The Balaban J connectivity index is 1.54. The van der Waals surface area contributed by atoms with Crippen LogP contribution in [0.1, 0.15) is 52.7 Å². The van der Waals surface area contributed by atoms with Crippen molar-refractivity contribution >= 4 is 29.4 Å². The summed E-state index contributed by atoms with van der Waals surface area (Å²) in [4.78, 5) is 36.6. The van der Waals surface area contributed by atoms with Crippen LogP contribution in [-0.4, -0.2) is 36.4 Å². The molecule has 0 aromatic heterocycles. The van der Waals surface area contributed by atoms with Gasteiger partial charge in [-0.05, 0) is 49.3 Å². The lowest BCUT2D eigenvalue weighted by Gasteiger charge is -2.14. The van der Waals surface area contributed by atoms with Crippen molar-refractivity contribution in [2.75, 3.05) is 6.54 Å². The minimum Gasteiger partial charge on any atom is -0.388 e. The first-order chi connectivity index (χ1) is 18.8. The highest BCUT2D eigenvalue weighted by atomic mass is 19.1. The standard InChI is InChI=1S/C29H25F2N5O3/c30-20-13-23(19(15-33)17-35-21-5-6-21)26(31)24(14-20)29(9-10-29)8-7-25(37)22-4-2-1-3-18(22)16-36-28(39)27(38)34-12-11-32/h1-4,13-15,17,21,33,35H,5-6,9-10,12,16H2,(H,34,38)(H,36,39)/b19-17+,33-15?. The van der Waals surface area contributed by atoms with E-state index in [0.29, 0.717) is 18.4 Å². The molecule has 2 aliphatic rings. The molecule has 198 valence electrons. The molecule has 2 aromatic carbocycles. The second-order valence-electron chi connectivity index (χ2n) is 9.34. The molecule has 0 aliphatic heterocycles. The molecule has 0 bridgehead atoms. The number of allylic oxidation sites excluding steroid dienone is 1. The number of amides is 2. The molecule has 0 heterocycles. The summed E-state index contributed by atoms with van der Waals surface area (Å²) in [5.41, 5.74) is -0.230. The zero-order valence-corrected chi connectivity index (χ0v) is 20.9. The molecule has 0 radical (unpaired) electrons. The third kappa shape index (κ3) is 6.55. The second kappa shape index (κ2) is 11.7. The Kier molecular flexibility index (Phi) is 8.16. The number of carbonyl (C=O) groups excluding carboxylic acids is 3. The highest BCUT2D eigenvalue weighted by Crippen LogP contribution is 2.49. The minimum atomic E-state index is -1.03. The molecule has 4 N–H and O–H groups in total. The van der Waals surface area contributed by atoms with Crippen molar-refractivity contribution in [3.05, 3.63) is 76.5 Å². The first kappa shape index (κ1) is 27.2. The van der Waals surface area contributed by atoms with Crippen LogP contribution in [0.5, 0.6) is 0 Å². The number of rotatable bonds is 9. The summed E-state index contributed by atoms with van der Waals surface area (Å²) < 4.78 is 30.2. The van der Waals surface area contributed by atoms with Crippen molar-refractivity contribution in [2.45, 2.75) is 43.7 Å². The molecule has 8 nitrogen and oxygen atoms in total. The largest absolute Gasteiger partial charge is 0.388 e. The fourth-order valence-corrected chi connectivity index (χ4v) is 3.98. The van der Waals surface area contributed by atoms with Gasteiger partial charge in [-0.3, -0.25) is 14.4 Å². The van der Waals surface area contributed by atoms with Crippen molar-refractivity contribution in [1.82, 2.24) is 16.0 Å². The number of carbonyl (C=O) groups is 3. The number of ketones is 1. The molecule has 10 heteroatoms. The summed E-state index contributed by atoms with van der Waals surface area (Å²) in [5, 5.41) is 23.8. The number of halogens is 2. The number of hydrogen-bond donors (Lipinski definition) is 4. The van der Waals surface area contributed by atoms with E-state index in [1.54, 1.807) is 24.3 Å². The van der Waals surface area contributed by atoms with Gasteiger partial charge in [0.15, 0.2) is 0 Å². The lowest BCUT2D eigenvalue weighted by atomic mass is 9.91. The Morgan fingerprint density at radius 2 is 1.79 bits per heavy atom. The van der Waals surface area contributed by atoms with Crippen LogP contribution < -0.4 is 16.0 Å². The zero-order valence-electron chi connectivity index (χ0n) is 20.9. The van der Waals surface area contributed by atoms with Crippen LogP contribution in [0.25, 0.3) is 5.57 Å². The highest BCUT2D eigenvalue weighted by Gasteiger charge is 2.46. The number of Topliss-reactive ketones (excluding diaryl/α,β-unsaturated/α-hetero) is 1. The van der Waals surface area contributed by atoms with Crippen LogP contribution in [0.2, 0.25) is 0 Å². The van der Waals surface area contributed by atoms with Gasteiger partial charge in [0, 0.05) is 47.3 Å². The van der Waals surface area contributed by atoms with Gasteiger partial charge in [0.2, 0.25) is 5.78 Å². The lowest BCUT2D eigenvalue weighted by molar-refractivity contribution is -0.139. The first-order valence-corrected chi connectivity index (χ1v) is 12.3. The van der Waals surface area contributed by atoms with E-state index in [1.807, 2.05) is 0 Å². The Bertz CT molecular complexity index is 1470. The van der Waals surface area contributed by atoms with Gasteiger partial charge in [0.25, 0.3) is 0 Å². The van der Waals surface area contributed by atoms with Gasteiger partial charge in [-0.1, -0.05) is 30.2 Å². The maximum Gasteiger partial charge on any atom is 0.310 e. The quantitative estimate of drug-likeness (QED) is 0.0990. The summed E-state index contributed by atoms with van der Waals surface area (Å²) in [7, 11) is 0. The predicted molar refractivity (Wildman–Crippen MR) is 139 cm³/mol. The van der Waals surface area contributed by atoms with Gasteiger partial charge in [0.1, 0.15) is 18.2 Å². The molecule has 0 atom stereocenters. The number of nitrogens with one attached hydrogen (secondary N) is 4. The molecular weight excluding hydrogens is 504 g/mol. The van der Waals surface area contributed by atoms with E-state index in [2.05, 4.69) is 27.8 Å². The summed E-state index contributed by atoms with van der Waals surface area (Å²) in [6, 6.07) is 10.5. The van der Waals surface area contributed by atoms with Gasteiger partial charge in [0.05, 0.1) is 11.5 Å². The smallest absolute Gasteiger partial charge is 0.310 e. The topological polar surface area (TPSA) is 135 Å². The molecule has 4 rings (SSSR count). The van der Waals surface area contributed by atoms with Crippen LogP contribution in [0.4, 0.5) is 8.78 Å². The molecule has 2 aliphatic carbocycles. The Morgan fingerprint density at radius 1 is 1.08 bits per heavy atom. The van der Waals surface area contributed by atoms with E-state index >= 15 is 4.39 Å². The number of hydrogen-bond acceptors (Lipinski definition) is 6. The fourth-order valence-electron chi connectivity index (χ4n) is 3.98. The molecular formula is C29H25F2N5O3. The van der Waals surface area contributed by atoms with Crippen molar-refractivity contribution in [2.24, 2.45) is 0 Å². The molecule has 0 unspecified atom stereocenters. The van der Waals surface area contributed by atoms with E-state index in [4.69, 9.17) is 10.7 Å². The summed E-state index contributed by atoms with van der Waals surface area (Å²) in [5.74, 6) is 1.55. The Hall–Kier alpha value is -4.83. The highest BCUT2D eigenvalue weighted by molar-refractivity contribution is 6.35. The predicted octanol–water partition coefficient (Wildman–Crippen LogP) is 2.88. The van der Waals surface area contributed by atoms with Crippen LogP contribution in [0, 0.1) is 40.2 Å². The average Bonchev–Trinajstić information content (AvgIpc) is 3.87.